The van der Waals surface area contributed by atoms with Crippen LogP contribution >= 0.6 is 0 Å². The summed E-state index contributed by atoms with van der Waals surface area (Å²) in [4.78, 5) is 14.5. The predicted octanol–water partition coefficient (Wildman–Crippen LogP) is 0.319. The largest absolute Gasteiger partial charge is 0.338 e. The second kappa shape index (κ2) is 7.20. The maximum Gasteiger partial charge on any atom is 0.282 e. The summed E-state index contributed by atoms with van der Waals surface area (Å²) in [6.07, 6.45) is 5.98. The van der Waals surface area contributed by atoms with Crippen molar-refractivity contribution in [2.75, 3.05) is 39.3 Å². The molecule has 3 heterocycles. The van der Waals surface area contributed by atoms with E-state index in [1.54, 1.807) is 32.3 Å². The molecule has 1 amide bonds. The zero-order valence-electron chi connectivity index (χ0n) is 14.0. The number of nitrogens with zero attached hydrogens (tertiary/aromatic N) is 5. The Bertz CT molecular complexity index is 647. The Morgan fingerprint density at radius 2 is 1.71 bits per heavy atom. The van der Waals surface area contributed by atoms with Gasteiger partial charge in [0.25, 0.3) is 10.2 Å². The number of amides is 1. The van der Waals surface area contributed by atoms with Crippen LogP contribution < -0.4 is 0 Å². The smallest absolute Gasteiger partial charge is 0.282 e. The van der Waals surface area contributed by atoms with E-state index in [9.17, 15) is 13.2 Å². The summed E-state index contributed by atoms with van der Waals surface area (Å²) in [7, 11) is -3.37. The number of carbonyl (C=O) groups excluding carboxylic acids is 1. The molecule has 2 fully saturated rings. The highest BCUT2D eigenvalue weighted by Gasteiger charge is 2.35. The lowest BCUT2D eigenvalue weighted by atomic mass is 10.2. The van der Waals surface area contributed by atoms with Crippen molar-refractivity contribution in [3.63, 3.8) is 0 Å². The number of hydrogen-bond donors (Lipinski definition) is 0. The fourth-order valence-electron chi connectivity index (χ4n) is 3.37. The topological polar surface area (TPSA) is 78.8 Å². The van der Waals surface area contributed by atoms with Gasteiger partial charge in [-0.15, -0.1) is 0 Å². The second-order valence-corrected chi connectivity index (χ2v) is 8.18. The van der Waals surface area contributed by atoms with E-state index in [2.05, 4.69) is 5.10 Å². The van der Waals surface area contributed by atoms with Crippen LogP contribution in [0.2, 0.25) is 0 Å². The van der Waals surface area contributed by atoms with Crippen LogP contribution in [0.5, 0.6) is 0 Å². The van der Waals surface area contributed by atoms with Gasteiger partial charge in [-0.2, -0.15) is 22.1 Å². The van der Waals surface area contributed by atoms with Crippen molar-refractivity contribution in [2.45, 2.75) is 32.2 Å². The van der Waals surface area contributed by atoms with Crippen molar-refractivity contribution in [1.82, 2.24) is 23.3 Å². The summed E-state index contributed by atoms with van der Waals surface area (Å²) in [6, 6.07) is 1.48. The van der Waals surface area contributed by atoms with Crippen molar-refractivity contribution < 1.29 is 13.2 Å². The van der Waals surface area contributed by atoms with E-state index in [1.807, 2.05) is 6.92 Å². The van der Waals surface area contributed by atoms with Gasteiger partial charge in [0.15, 0.2) is 0 Å². The fourth-order valence-corrected chi connectivity index (χ4v) is 5.04. The van der Waals surface area contributed by atoms with Gasteiger partial charge in [0, 0.05) is 51.7 Å². The predicted molar refractivity (Wildman–Crippen MR) is 89.4 cm³/mol. The highest BCUT2D eigenvalue weighted by Crippen LogP contribution is 2.20. The summed E-state index contributed by atoms with van der Waals surface area (Å²) in [6.45, 7) is 4.77. The maximum atomic E-state index is 12.7. The Morgan fingerprint density at radius 1 is 1.08 bits per heavy atom. The Hall–Kier alpha value is -1.45. The lowest BCUT2D eigenvalue weighted by molar-refractivity contribution is -0.136. The van der Waals surface area contributed by atoms with Crippen LogP contribution in [0.3, 0.4) is 0 Å². The summed E-state index contributed by atoms with van der Waals surface area (Å²) >= 11 is 0. The van der Waals surface area contributed by atoms with Crippen molar-refractivity contribution in [3.8, 4) is 0 Å². The second-order valence-electron chi connectivity index (χ2n) is 6.25. The number of piperazine rings is 1. The SMILES string of the molecule is CC[C@H](C(=O)N1CCN(S(=O)(=O)N2CCCC2)CC1)n1cccn1. The van der Waals surface area contributed by atoms with E-state index >= 15 is 0 Å². The quantitative estimate of drug-likeness (QED) is 0.762. The zero-order chi connectivity index (χ0) is 17.2. The molecule has 0 bridgehead atoms. The average Bonchev–Trinajstić information content (AvgIpc) is 3.29. The molecule has 1 aromatic rings. The lowest BCUT2D eigenvalue weighted by Gasteiger charge is -2.37. The first-order chi connectivity index (χ1) is 11.5. The summed E-state index contributed by atoms with van der Waals surface area (Å²) in [5.41, 5.74) is 0. The fraction of sp³-hybridized carbons (Fsp3) is 0.733. The van der Waals surface area contributed by atoms with Crippen LogP contribution in [0, 0.1) is 0 Å². The first kappa shape index (κ1) is 17.4. The standard InChI is InChI=1S/C15H25N5O3S/c1-2-14(20-9-5-6-16-20)15(21)17-10-12-19(13-11-17)24(22,23)18-7-3-4-8-18/h5-6,9,14H,2-4,7-8,10-13H2,1H3/t14-/m1/s1. The van der Waals surface area contributed by atoms with Crippen LogP contribution in [0.25, 0.3) is 0 Å². The van der Waals surface area contributed by atoms with Crippen molar-refractivity contribution in [2.24, 2.45) is 0 Å². The van der Waals surface area contributed by atoms with Crippen LogP contribution in [-0.2, 0) is 15.0 Å². The molecule has 0 radical (unpaired) electrons. The Kier molecular flexibility index (Phi) is 5.21. The maximum absolute atomic E-state index is 12.7. The van der Waals surface area contributed by atoms with Crippen LogP contribution in [0.1, 0.15) is 32.2 Å². The third kappa shape index (κ3) is 3.33. The van der Waals surface area contributed by atoms with Gasteiger partial charge in [-0.1, -0.05) is 6.92 Å². The molecule has 1 atom stereocenters. The van der Waals surface area contributed by atoms with E-state index in [0.29, 0.717) is 45.7 Å². The highest BCUT2D eigenvalue weighted by molar-refractivity contribution is 7.86. The van der Waals surface area contributed by atoms with E-state index in [0.717, 1.165) is 12.8 Å². The number of aromatic nitrogens is 2. The third-order valence-corrected chi connectivity index (χ3v) is 6.82. The minimum absolute atomic E-state index is 0.0134. The van der Waals surface area contributed by atoms with Gasteiger partial charge in [-0.05, 0) is 25.3 Å². The minimum Gasteiger partial charge on any atom is -0.338 e. The van der Waals surface area contributed by atoms with Crippen molar-refractivity contribution in [1.29, 1.82) is 0 Å². The molecule has 9 heteroatoms. The number of hydrogen-bond acceptors (Lipinski definition) is 4. The molecule has 2 saturated heterocycles. The van der Waals surface area contributed by atoms with E-state index < -0.39 is 10.2 Å². The zero-order valence-corrected chi connectivity index (χ0v) is 14.9. The minimum atomic E-state index is -3.37. The average molecular weight is 355 g/mol. The van der Waals surface area contributed by atoms with Crippen LogP contribution in [-0.4, -0.2) is 76.9 Å². The molecule has 1 aromatic heterocycles. The first-order valence-corrected chi connectivity index (χ1v) is 9.97. The molecule has 0 spiro atoms. The van der Waals surface area contributed by atoms with Gasteiger partial charge < -0.3 is 4.90 Å². The number of carbonyl (C=O) groups is 1. The Labute approximate surface area is 143 Å². The van der Waals surface area contributed by atoms with Gasteiger partial charge >= 0.3 is 0 Å². The van der Waals surface area contributed by atoms with Gasteiger partial charge in [0.2, 0.25) is 5.91 Å². The first-order valence-electron chi connectivity index (χ1n) is 8.57. The van der Waals surface area contributed by atoms with Gasteiger partial charge in [0.05, 0.1) is 0 Å². The van der Waals surface area contributed by atoms with Crippen LogP contribution in [0.15, 0.2) is 18.5 Å². The van der Waals surface area contributed by atoms with Crippen molar-refractivity contribution >= 4 is 16.1 Å². The molecule has 8 nitrogen and oxygen atoms in total. The van der Waals surface area contributed by atoms with Gasteiger partial charge in [0.1, 0.15) is 6.04 Å². The normalized spacial score (nSPS) is 22.0. The van der Waals surface area contributed by atoms with Crippen LogP contribution in [0.4, 0.5) is 0 Å². The molecule has 0 N–H and O–H groups in total. The molecule has 24 heavy (non-hydrogen) atoms. The van der Waals surface area contributed by atoms with Crippen molar-refractivity contribution in [3.05, 3.63) is 18.5 Å². The lowest BCUT2D eigenvalue weighted by Crippen LogP contribution is -2.54. The Balaban J connectivity index is 1.61. The molecule has 2 aliphatic heterocycles. The van der Waals surface area contributed by atoms with E-state index in [1.165, 1.54) is 4.31 Å². The molecule has 0 aliphatic carbocycles. The molecular weight excluding hydrogens is 330 g/mol. The third-order valence-electron chi connectivity index (χ3n) is 4.78. The molecule has 2 aliphatic rings. The summed E-state index contributed by atoms with van der Waals surface area (Å²) in [5.74, 6) is 0.0134. The van der Waals surface area contributed by atoms with Gasteiger partial charge in [-0.3, -0.25) is 9.48 Å². The summed E-state index contributed by atoms with van der Waals surface area (Å²) < 4.78 is 29.9. The molecule has 0 aromatic carbocycles. The van der Waals surface area contributed by atoms with E-state index in [-0.39, 0.29) is 11.9 Å². The summed E-state index contributed by atoms with van der Waals surface area (Å²) in [5, 5.41) is 4.17. The monoisotopic (exact) mass is 355 g/mol. The molecular formula is C15H25N5O3S. The molecule has 3 rings (SSSR count). The van der Waals surface area contributed by atoms with E-state index in [4.69, 9.17) is 0 Å². The highest BCUT2D eigenvalue weighted by atomic mass is 32.2. The number of rotatable bonds is 5. The Morgan fingerprint density at radius 3 is 2.25 bits per heavy atom. The molecule has 0 saturated carbocycles. The molecule has 134 valence electrons. The molecule has 0 unspecified atom stereocenters. The van der Waals surface area contributed by atoms with Gasteiger partial charge in [-0.25, -0.2) is 0 Å².